The van der Waals surface area contributed by atoms with Crippen LogP contribution in [0, 0.1) is 6.92 Å². The van der Waals surface area contributed by atoms with E-state index in [1.165, 1.54) is 0 Å². The van der Waals surface area contributed by atoms with Crippen molar-refractivity contribution in [1.29, 1.82) is 0 Å². The molecule has 1 aromatic carbocycles. The van der Waals surface area contributed by atoms with Gasteiger partial charge < -0.3 is 19.9 Å². The van der Waals surface area contributed by atoms with Crippen LogP contribution in [-0.2, 0) is 9.47 Å². The maximum atomic E-state index is 9.85. The minimum absolute atomic E-state index is 0.295. The lowest BCUT2D eigenvalue weighted by molar-refractivity contribution is 0.00749. The summed E-state index contributed by atoms with van der Waals surface area (Å²) < 4.78 is 10.8. The molecule has 0 radical (unpaired) electrons. The molecular weight excluding hydrogens is 290 g/mol. The molecule has 0 aliphatic carbocycles. The third kappa shape index (κ3) is 8.27. The number of nitrogens with one attached hydrogen (secondary N) is 1. The van der Waals surface area contributed by atoms with Crippen molar-refractivity contribution in [2.75, 3.05) is 38.3 Å². The molecule has 1 aromatic rings. The first-order valence-electron chi connectivity index (χ1n) is 7.47. The Morgan fingerprint density at radius 2 is 2.00 bits per heavy atom. The number of hydrogen-bond acceptors (Lipinski definition) is 4. The van der Waals surface area contributed by atoms with Gasteiger partial charge in [0, 0.05) is 23.9 Å². The van der Waals surface area contributed by atoms with E-state index in [9.17, 15) is 5.11 Å². The Bertz CT molecular complexity index is 401. The van der Waals surface area contributed by atoms with Crippen molar-refractivity contribution in [3.63, 3.8) is 0 Å². The number of aliphatic hydroxyl groups is 1. The normalized spacial score (nSPS) is 12.4. The Labute approximate surface area is 132 Å². The van der Waals surface area contributed by atoms with Gasteiger partial charge in [0.2, 0.25) is 0 Å². The van der Waals surface area contributed by atoms with Crippen LogP contribution in [0.1, 0.15) is 25.3 Å². The molecule has 2 N–H and O–H groups in total. The highest BCUT2D eigenvalue weighted by molar-refractivity contribution is 6.30. The summed E-state index contributed by atoms with van der Waals surface area (Å²) in [4.78, 5) is 0. The van der Waals surface area contributed by atoms with E-state index in [4.69, 9.17) is 21.1 Å². The Kier molecular flexibility index (Phi) is 9.42. The van der Waals surface area contributed by atoms with Crippen LogP contribution in [-0.4, -0.2) is 44.2 Å². The van der Waals surface area contributed by atoms with Crippen molar-refractivity contribution in [2.45, 2.75) is 32.8 Å². The molecule has 0 aliphatic rings. The first-order valence-corrected chi connectivity index (χ1v) is 7.85. The number of rotatable bonds is 11. The molecule has 0 fully saturated rings. The Balaban J connectivity index is 2.11. The highest BCUT2D eigenvalue weighted by Gasteiger charge is 2.06. The molecule has 4 nitrogen and oxygen atoms in total. The zero-order valence-corrected chi connectivity index (χ0v) is 13.7. The molecule has 21 heavy (non-hydrogen) atoms. The first-order chi connectivity index (χ1) is 10.1. The quantitative estimate of drug-likeness (QED) is 0.615. The second kappa shape index (κ2) is 10.9. The maximum Gasteiger partial charge on any atom is 0.0945 e. The summed E-state index contributed by atoms with van der Waals surface area (Å²) in [5, 5.41) is 13.7. The Morgan fingerprint density at radius 3 is 2.76 bits per heavy atom. The van der Waals surface area contributed by atoms with Crippen LogP contribution < -0.4 is 5.32 Å². The molecule has 0 aliphatic heterocycles. The third-order valence-corrected chi connectivity index (χ3v) is 3.29. The van der Waals surface area contributed by atoms with Crippen molar-refractivity contribution in [1.82, 2.24) is 0 Å². The molecule has 1 rings (SSSR count). The van der Waals surface area contributed by atoms with Gasteiger partial charge >= 0.3 is 0 Å². The van der Waals surface area contributed by atoms with Crippen molar-refractivity contribution in [2.24, 2.45) is 0 Å². The van der Waals surface area contributed by atoms with E-state index < -0.39 is 6.10 Å². The smallest absolute Gasteiger partial charge is 0.0945 e. The number of benzene rings is 1. The summed E-state index contributed by atoms with van der Waals surface area (Å²) in [6.45, 7) is 6.71. The molecule has 0 amide bonds. The summed E-state index contributed by atoms with van der Waals surface area (Å²) in [7, 11) is 0. The summed E-state index contributed by atoms with van der Waals surface area (Å²) >= 11 is 5.95. The van der Waals surface area contributed by atoms with Gasteiger partial charge in [-0.25, -0.2) is 0 Å². The third-order valence-electron chi connectivity index (χ3n) is 3.05. The number of aryl methyl sites for hydroxylation is 1. The largest absolute Gasteiger partial charge is 0.389 e. The molecule has 0 saturated carbocycles. The highest BCUT2D eigenvalue weighted by atomic mass is 35.5. The summed E-state index contributed by atoms with van der Waals surface area (Å²) in [6.07, 6.45) is 1.65. The van der Waals surface area contributed by atoms with Gasteiger partial charge in [0.05, 0.1) is 25.9 Å². The lowest BCUT2D eigenvalue weighted by Gasteiger charge is -2.15. The van der Waals surface area contributed by atoms with Gasteiger partial charge in [0.1, 0.15) is 0 Å². The van der Waals surface area contributed by atoms with E-state index in [0.29, 0.717) is 31.4 Å². The van der Waals surface area contributed by atoms with Gasteiger partial charge in [-0.1, -0.05) is 31.0 Å². The average Bonchev–Trinajstić information content (AvgIpc) is 2.47. The molecule has 120 valence electrons. The zero-order chi connectivity index (χ0) is 15.5. The van der Waals surface area contributed by atoms with Crippen LogP contribution in [0.3, 0.4) is 0 Å². The van der Waals surface area contributed by atoms with Crippen LogP contribution in [0.2, 0.25) is 5.02 Å². The molecule has 0 heterocycles. The van der Waals surface area contributed by atoms with Crippen LogP contribution in [0.4, 0.5) is 5.69 Å². The summed E-state index contributed by atoms with van der Waals surface area (Å²) in [5.74, 6) is 0. The van der Waals surface area contributed by atoms with E-state index in [1.807, 2.05) is 25.1 Å². The van der Waals surface area contributed by atoms with Gasteiger partial charge in [-0.15, -0.1) is 0 Å². The predicted octanol–water partition coefficient (Wildman–Crippen LogP) is 3.25. The SMILES string of the molecule is CCCCOCCOCC(O)CNc1cc(Cl)ccc1C. The molecule has 0 aromatic heterocycles. The van der Waals surface area contributed by atoms with Crippen LogP contribution in [0.15, 0.2) is 18.2 Å². The number of unbranched alkanes of at least 4 members (excludes halogenated alkanes) is 1. The van der Waals surface area contributed by atoms with E-state index in [1.54, 1.807) is 0 Å². The second-order valence-corrected chi connectivity index (χ2v) is 5.47. The molecule has 0 spiro atoms. The fourth-order valence-electron chi connectivity index (χ4n) is 1.76. The van der Waals surface area contributed by atoms with Crippen molar-refractivity contribution in [3.05, 3.63) is 28.8 Å². The lowest BCUT2D eigenvalue weighted by Crippen LogP contribution is -2.26. The topological polar surface area (TPSA) is 50.7 Å². The maximum absolute atomic E-state index is 9.85. The fraction of sp³-hybridized carbons (Fsp3) is 0.625. The van der Waals surface area contributed by atoms with Gasteiger partial charge in [-0.05, 0) is 31.0 Å². The monoisotopic (exact) mass is 315 g/mol. The van der Waals surface area contributed by atoms with Crippen LogP contribution >= 0.6 is 11.6 Å². The zero-order valence-electron chi connectivity index (χ0n) is 12.9. The van der Waals surface area contributed by atoms with E-state index in [2.05, 4.69) is 12.2 Å². The van der Waals surface area contributed by atoms with E-state index in [0.717, 1.165) is 30.7 Å². The molecule has 0 bridgehead atoms. The first kappa shape index (κ1) is 18.2. The molecule has 1 unspecified atom stereocenters. The molecule has 0 saturated heterocycles. The molecule has 5 heteroatoms. The van der Waals surface area contributed by atoms with Crippen molar-refractivity contribution >= 4 is 17.3 Å². The standard InChI is InChI=1S/C16H26ClNO3/c1-3-4-7-20-8-9-21-12-15(19)11-18-16-10-14(17)6-5-13(16)2/h5-6,10,15,18-19H,3-4,7-9,11-12H2,1-2H3. The highest BCUT2D eigenvalue weighted by Crippen LogP contribution is 2.19. The van der Waals surface area contributed by atoms with Gasteiger partial charge in [-0.3, -0.25) is 0 Å². The molecule has 1 atom stereocenters. The second-order valence-electron chi connectivity index (χ2n) is 5.03. The minimum atomic E-state index is -0.556. The number of anilines is 1. The number of aliphatic hydroxyl groups excluding tert-OH is 1. The predicted molar refractivity (Wildman–Crippen MR) is 87.2 cm³/mol. The number of halogens is 1. The number of hydrogen-bond donors (Lipinski definition) is 2. The lowest BCUT2D eigenvalue weighted by atomic mass is 10.2. The fourth-order valence-corrected chi connectivity index (χ4v) is 1.93. The van der Waals surface area contributed by atoms with Gasteiger partial charge in [0.15, 0.2) is 0 Å². The van der Waals surface area contributed by atoms with E-state index in [-0.39, 0.29) is 0 Å². The van der Waals surface area contributed by atoms with Crippen LogP contribution in [0.5, 0.6) is 0 Å². The van der Waals surface area contributed by atoms with Gasteiger partial charge in [-0.2, -0.15) is 0 Å². The van der Waals surface area contributed by atoms with Crippen molar-refractivity contribution in [3.8, 4) is 0 Å². The van der Waals surface area contributed by atoms with Gasteiger partial charge in [0.25, 0.3) is 0 Å². The van der Waals surface area contributed by atoms with Crippen LogP contribution in [0.25, 0.3) is 0 Å². The van der Waals surface area contributed by atoms with E-state index >= 15 is 0 Å². The minimum Gasteiger partial charge on any atom is -0.389 e. The Morgan fingerprint density at radius 1 is 1.24 bits per heavy atom. The molecular formula is C16H26ClNO3. The average molecular weight is 316 g/mol. The van der Waals surface area contributed by atoms with Crippen molar-refractivity contribution < 1.29 is 14.6 Å². The summed E-state index contributed by atoms with van der Waals surface area (Å²) in [6, 6.07) is 5.65. The number of ether oxygens (including phenoxy) is 2. The summed E-state index contributed by atoms with van der Waals surface area (Å²) in [5.41, 5.74) is 2.03. The Hall–Kier alpha value is -0.810.